The zero-order valence-corrected chi connectivity index (χ0v) is 17.9. The van der Waals surface area contributed by atoms with Crippen molar-refractivity contribution in [1.29, 1.82) is 0 Å². The van der Waals surface area contributed by atoms with Crippen molar-refractivity contribution >= 4 is 39.7 Å². The van der Waals surface area contributed by atoms with E-state index in [4.69, 9.17) is 11.6 Å². The molecule has 0 bridgehead atoms. The van der Waals surface area contributed by atoms with E-state index in [2.05, 4.69) is 15.2 Å². The van der Waals surface area contributed by atoms with Crippen LogP contribution in [0.4, 0.5) is 0 Å². The second-order valence-electron chi connectivity index (χ2n) is 6.41. The Hall–Kier alpha value is -2.94. The molecule has 0 unspecified atom stereocenters. The molecule has 3 heterocycles. The predicted octanol–water partition coefficient (Wildman–Crippen LogP) is 4.95. The summed E-state index contributed by atoms with van der Waals surface area (Å²) in [5.74, 6) is 1.24. The van der Waals surface area contributed by atoms with E-state index in [9.17, 15) is 4.79 Å². The molecule has 0 atom stereocenters. The van der Waals surface area contributed by atoms with Crippen molar-refractivity contribution in [3.05, 3.63) is 93.3 Å². The van der Waals surface area contributed by atoms with Gasteiger partial charge in [0.15, 0.2) is 15.9 Å². The molecule has 3 aromatic heterocycles. The van der Waals surface area contributed by atoms with Gasteiger partial charge in [0.2, 0.25) is 0 Å². The van der Waals surface area contributed by atoms with E-state index in [1.54, 1.807) is 16.7 Å². The van der Waals surface area contributed by atoms with E-state index in [-0.39, 0.29) is 5.56 Å². The molecular formula is C21H14ClN5OS2. The van der Waals surface area contributed by atoms with Crippen LogP contribution in [-0.4, -0.2) is 24.1 Å². The number of halogens is 1. The highest BCUT2D eigenvalue weighted by molar-refractivity contribution is 7.98. The summed E-state index contributed by atoms with van der Waals surface area (Å²) in [6.45, 7) is 0. The number of hydrogen-bond donors (Lipinski definition) is 0. The number of thioether (sulfide) groups is 1. The van der Waals surface area contributed by atoms with Crippen molar-refractivity contribution < 1.29 is 0 Å². The van der Waals surface area contributed by atoms with Crippen LogP contribution in [0.15, 0.2) is 82.2 Å². The number of rotatable bonds is 5. The third kappa shape index (κ3) is 3.65. The number of nitrogens with zero attached hydrogens (tertiary/aromatic N) is 5. The van der Waals surface area contributed by atoms with E-state index in [1.807, 2.05) is 64.5 Å². The van der Waals surface area contributed by atoms with Gasteiger partial charge >= 0.3 is 0 Å². The molecule has 30 heavy (non-hydrogen) atoms. The Bertz CT molecular complexity index is 1380. The molecule has 148 valence electrons. The highest BCUT2D eigenvalue weighted by Gasteiger charge is 2.17. The fraction of sp³-hybridized carbons (Fsp3) is 0.0476. The van der Waals surface area contributed by atoms with Crippen molar-refractivity contribution in [3.8, 4) is 17.1 Å². The number of thiazole rings is 1. The summed E-state index contributed by atoms with van der Waals surface area (Å²) in [5.41, 5.74) is 2.50. The summed E-state index contributed by atoms with van der Waals surface area (Å²) in [6.07, 6.45) is 1.73. The monoisotopic (exact) mass is 451 g/mol. The molecule has 0 spiro atoms. The summed E-state index contributed by atoms with van der Waals surface area (Å²) in [5, 5.41) is 12.1. The highest BCUT2D eigenvalue weighted by atomic mass is 35.5. The number of benzene rings is 2. The van der Waals surface area contributed by atoms with Gasteiger partial charge in [0.05, 0.1) is 5.69 Å². The summed E-state index contributed by atoms with van der Waals surface area (Å²) in [4.78, 5) is 17.5. The minimum Gasteiger partial charge on any atom is -0.270 e. The molecule has 0 amide bonds. The number of fused-ring (bicyclic) bond motifs is 1. The van der Waals surface area contributed by atoms with Gasteiger partial charge in [-0.2, -0.15) is 0 Å². The second-order valence-corrected chi connectivity index (χ2v) is 8.67. The van der Waals surface area contributed by atoms with Crippen LogP contribution in [0.5, 0.6) is 0 Å². The molecule has 0 saturated carbocycles. The minimum absolute atomic E-state index is 0.0824. The Morgan fingerprint density at radius 1 is 1.03 bits per heavy atom. The number of aromatic nitrogens is 5. The number of hydrogen-bond acceptors (Lipinski definition) is 6. The Balaban J connectivity index is 1.53. The first kappa shape index (κ1) is 19.0. The molecular weight excluding hydrogens is 438 g/mol. The van der Waals surface area contributed by atoms with Gasteiger partial charge < -0.3 is 0 Å². The SMILES string of the molecule is O=c1cc(CSc2nnc(-c3ccccc3)n2-c2ccc(Cl)cc2)nc2sccn12. The van der Waals surface area contributed by atoms with E-state index in [0.717, 1.165) is 17.1 Å². The van der Waals surface area contributed by atoms with Gasteiger partial charge in [-0.3, -0.25) is 13.8 Å². The molecule has 0 aliphatic carbocycles. The third-order valence-corrected chi connectivity index (χ3v) is 6.43. The molecule has 9 heteroatoms. The average Bonchev–Trinajstić information content (AvgIpc) is 3.41. The van der Waals surface area contributed by atoms with E-state index in [0.29, 0.717) is 26.6 Å². The average molecular weight is 452 g/mol. The van der Waals surface area contributed by atoms with E-state index >= 15 is 0 Å². The van der Waals surface area contributed by atoms with Crippen molar-refractivity contribution in [3.63, 3.8) is 0 Å². The van der Waals surface area contributed by atoms with Gasteiger partial charge in [0.25, 0.3) is 5.56 Å². The smallest absolute Gasteiger partial charge is 0.258 e. The first-order valence-electron chi connectivity index (χ1n) is 9.04. The lowest BCUT2D eigenvalue weighted by molar-refractivity contribution is 0.885. The molecule has 0 aliphatic heterocycles. The zero-order valence-electron chi connectivity index (χ0n) is 15.5. The van der Waals surface area contributed by atoms with Gasteiger partial charge in [-0.1, -0.05) is 53.7 Å². The normalized spacial score (nSPS) is 11.2. The van der Waals surface area contributed by atoms with Crippen LogP contribution in [0.1, 0.15) is 5.69 Å². The fourth-order valence-electron chi connectivity index (χ4n) is 3.06. The zero-order chi connectivity index (χ0) is 20.5. The molecule has 5 rings (SSSR count). The first-order valence-corrected chi connectivity index (χ1v) is 11.3. The molecule has 2 aromatic carbocycles. The summed E-state index contributed by atoms with van der Waals surface area (Å²) in [6, 6.07) is 19.0. The molecule has 5 aromatic rings. The Kier molecular flexibility index (Phi) is 5.12. The van der Waals surface area contributed by atoms with E-state index < -0.39 is 0 Å². The van der Waals surface area contributed by atoms with Gasteiger partial charge in [-0.05, 0) is 24.3 Å². The molecule has 6 nitrogen and oxygen atoms in total. The largest absolute Gasteiger partial charge is 0.270 e. The molecule has 0 aliphatic rings. The highest BCUT2D eigenvalue weighted by Crippen LogP contribution is 2.30. The first-order chi connectivity index (χ1) is 14.7. The van der Waals surface area contributed by atoms with Gasteiger partial charge in [0, 0.05) is 39.7 Å². The minimum atomic E-state index is -0.0824. The maximum atomic E-state index is 12.3. The van der Waals surface area contributed by atoms with Crippen molar-refractivity contribution in [2.45, 2.75) is 10.9 Å². The third-order valence-electron chi connectivity index (χ3n) is 4.46. The van der Waals surface area contributed by atoms with Crippen LogP contribution in [-0.2, 0) is 5.75 Å². The maximum absolute atomic E-state index is 12.3. The standard InChI is InChI=1S/C21H14ClN5OS2/c22-15-6-8-17(9-7-15)27-19(14-4-2-1-3-5-14)24-25-21(27)30-13-16-12-18(28)26-10-11-29-20(26)23-16/h1-12H,13H2. The lowest BCUT2D eigenvalue weighted by Crippen LogP contribution is -2.12. The van der Waals surface area contributed by atoms with Crippen molar-refractivity contribution in [2.24, 2.45) is 0 Å². The molecule has 0 fully saturated rings. The van der Waals surface area contributed by atoms with Crippen molar-refractivity contribution in [1.82, 2.24) is 24.1 Å². The van der Waals surface area contributed by atoms with Crippen LogP contribution in [0, 0.1) is 0 Å². The van der Waals surface area contributed by atoms with Crippen LogP contribution in [0.25, 0.3) is 22.0 Å². The molecule has 0 saturated heterocycles. The Morgan fingerprint density at radius 3 is 2.63 bits per heavy atom. The van der Waals surface area contributed by atoms with Gasteiger partial charge in [-0.15, -0.1) is 21.5 Å². The Labute approximate surface area is 184 Å². The van der Waals surface area contributed by atoms with Crippen LogP contribution in [0.3, 0.4) is 0 Å². The van der Waals surface area contributed by atoms with Gasteiger partial charge in [-0.25, -0.2) is 4.98 Å². The predicted molar refractivity (Wildman–Crippen MR) is 121 cm³/mol. The van der Waals surface area contributed by atoms with Crippen LogP contribution in [0.2, 0.25) is 5.02 Å². The second kappa shape index (κ2) is 8.06. The summed E-state index contributed by atoms with van der Waals surface area (Å²) >= 11 is 9.00. The lowest BCUT2D eigenvalue weighted by Gasteiger charge is -2.10. The molecule has 0 radical (unpaired) electrons. The maximum Gasteiger partial charge on any atom is 0.258 e. The topological polar surface area (TPSA) is 65.1 Å². The van der Waals surface area contributed by atoms with Crippen LogP contribution >= 0.6 is 34.7 Å². The van der Waals surface area contributed by atoms with Gasteiger partial charge in [0.1, 0.15) is 0 Å². The quantitative estimate of drug-likeness (QED) is 0.354. The summed E-state index contributed by atoms with van der Waals surface area (Å²) in [7, 11) is 0. The lowest BCUT2D eigenvalue weighted by atomic mass is 10.2. The molecule has 0 N–H and O–H groups in total. The van der Waals surface area contributed by atoms with Crippen LogP contribution < -0.4 is 5.56 Å². The summed E-state index contributed by atoms with van der Waals surface area (Å²) < 4.78 is 3.54. The fourth-order valence-corrected chi connectivity index (χ4v) is 4.77. The van der Waals surface area contributed by atoms with Crippen molar-refractivity contribution in [2.75, 3.05) is 0 Å². The Morgan fingerprint density at radius 2 is 1.83 bits per heavy atom. The van der Waals surface area contributed by atoms with E-state index in [1.165, 1.54) is 23.1 Å².